The van der Waals surface area contributed by atoms with E-state index >= 15 is 0 Å². The Balaban J connectivity index is 1.78. The molecule has 0 saturated carbocycles. The number of hydrogen-bond acceptors (Lipinski definition) is 6. The maximum Gasteiger partial charge on any atom is 0.283 e. The minimum Gasteiger partial charge on any atom is -0.497 e. The Morgan fingerprint density at radius 3 is 2.18 bits per heavy atom. The summed E-state index contributed by atoms with van der Waals surface area (Å²) in [7, 11) is 3.04. The van der Waals surface area contributed by atoms with E-state index in [2.05, 4.69) is 5.32 Å². The minimum atomic E-state index is -0.566. The number of rotatable bonds is 7. The summed E-state index contributed by atoms with van der Waals surface area (Å²) in [4.78, 5) is 29.0. The third-order valence-corrected chi connectivity index (χ3v) is 6.77. The lowest BCUT2D eigenvalue weighted by molar-refractivity contribution is -0.120. The molecule has 0 spiro atoms. The second kappa shape index (κ2) is 10.2. The van der Waals surface area contributed by atoms with E-state index in [0.717, 1.165) is 21.6 Å². The van der Waals surface area contributed by atoms with Crippen molar-refractivity contribution in [3.8, 4) is 11.5 Å². The van der Waals surface area contributed by atoms with Gasteiger partial charge in [-0.1, -0.05) is 46.6 Å². The van der Waals surface area contributed by atoms with Crippen LogP contribution in [0.15, 0.2) is 76.2 Å². The summed E-state index contributed by atoms with van der Waals surface area (Å²) in [5, 5.41) is 4.19. The van der Waals surface area contributed by atoms with Crippen molar-refractivity contribution >= 4 is 69.8 Å². The van der Waals surface area contributed by atoms with Crippen molar-refractivity contribution in [3.05, 3.63) is 86.3 Å². The first-order chi connectivity index (χ1) is 16.3. The largest absolute Gasteiger partial charge is 0.497 e. The van der Waals surface area contributed by atoms with E-state index in [0.29, 0.717) is 27.2 Å². The molecule has 6 nitrogen and oxygen atoms in total. The number of amides is 2. The number of nitrogens with zero attached hydrogens (tertiary/aromatic N) is 1. The molecule has 2 amide bonds. The van der Waals surface area contributed by atoms with Gasteiger partial charge in [0.1, 0.15) is 22.1 Å². The first-order valence-corrected chi connectivity index (χ1v) is 11.8. The van der Waals surface area contributed by atoms with E-state index in [1.807, 2.05) is 0 Å². The Bertz CT molecular complexity index is 1310. The van der Waals surface area contributed by atoms with Crippen LogP contribution in [0.3, 0.4) is 0 Å². The average Bonchev–Trinajstić information content (AvgIpc) is 3.05. The molecule has 0 bridgehead atoms. The number of anilines is 2. The molecular weight excluding hydrogens is 519 g/mol. The maximum absolute atomic E-state index is 13.5. The highest BCUT2D eigenvalue weighted by Gasteiger charge is 2.41. The molecule has 0 aliphatic carbocycles. The standard InChI is InChI=1S/C24H17Cl3N2O4S/c1-32-15-6-9-18(20(12-15)33-2)28-21-22(34-16-7-3-13(25)4-8-16)24(31)29(23(21)30)19-10-5-14(26)11-17(19)27/h3-12,28H,1-2H3. The lowest BCUT2D eigenvalue weighted by atomic mass is 10.2. The fraction of sp³-hybridized carbons (Fsp3) is 0.0833. The van der Waals surface area contributed by atoms with E-state index in [4.69, 9.17) is 44.3 Å². The number of ether oxygens (including phenoxy) is 2. The van der Waals surface area contributed by atoms with Gasteiger partial charge < -0.3 is 14.8 Å². The highest BCUT2D eigenvalue weighted by molar-refractivity contribution is 8.04. The minimum absolute atomic E-state index is 0.0828. The summed E-state index contributed by atoms with van der Waals surface area (Å²) >= 11 is 19.5. The monoisotopic (exact) mass is 534 g/mol. The average molecular weight is 536 g/mol. The van der Waals surface area contributed by atoms with Crippen molar-refractivity contribution in [1.29, 1.82) is 0 Å². The van der Waals surface area contributed by atoms with Gasteiger partial charge in [0, 0.05) is 21.0 Å². The summed E-state index contributed by atoms with van der Waals surface area (Å²) in [6, 6.07) is 16.6. The molecular formula is C24H17Cl3N2O4S. The normalized spacial score (nSPS) is 13.5. The van der Waals surface area contributed by atoms with Crippen LogP contribution in [0.25, 0.3) is 0 Å². The Hall–Kier alpha value is -2.84. The fourth-order valence-corrected chi connectivity index (χ4v) is 4.80. The molecule has 174 valence electrons. The van der Waals surface area contributed by atoms with Crippen molar-refractivity contribution in [3.63, 3.8) is 0 Å². The summed E-state index contributed by atoms with van der Waals surface area (Å²) in [6.45, 7) is 0. The quantitative estimate of drug-likeness (QED) is 0.342. The van der Waals surface area contributed by atoms with E-state index < -0.39 is 11.8 Å². The molecule has 1 aliphatic heterocycles. The van der Waals surface area contributed by atoms with Crippen LogP contribution in [-0.2, 0) is 9.59 Å². The van der Waals surface area contributed by atoms with E-state index in [-0.39, 0.29) is 21.3 Å². The predicted molar refractivity (Wildman–Crippen MR) is 136 cm³/mol. The van der Waals surface area contributed by atoms with Crippen LogP contribution in [0.5, 0.6) is 11.5 Å². The highest BCUT2D eigenvalue weighted by Crippen LogP contribution is 2.41. The number of imide groups is 1. The van der Waals surface area contributed by atoms with E-state index in [9.17, 15) is 9.59 Å². The lowest BCUT2D eigenvalue weighted by Gasteiger charge is -2.17. The lowest BCUT2D eigenvalue weighted by Crippen LogP contribution is -2.32. The molecule has 3 aromatic rings. The third kappa shape index (κ3) is 4.83. The van der Waals surface area contributed by atoms with Crippen molar-refractivity contribution in [2.45, 2.75) is 4.90 Å². The smallest absolute Gasteiger partial charge is 0.283 e. The van der Waals surface area contributed by atoms with Crippen molar-refractivity contribution in [2.24, 2.45) is 0 Å². The molecule has 1 aliphatic rings. The summed E-state index contributed by atoms with van der Waals surface area (Å²) in [6.07, 6.45) is 0. The number of carbonyl (C=O) groups is 2. The van der Waals surface area contributed by atoms with Crippen LogP contribution in [0, 0.1) is 0 Å². The number of carbonyl (C=O) groups excluding carboxylic acids is 2. The van der Waals surface area contributed by atoms with Crippen LogP contribution < -0.4 is 19.7 Å². The summed E-state index contributed by atoms with van der Waals surface area (Å²) < 4.78 is 10.7. The van der Waals surface area contributed by atoms with Crippen LogP contribution >= 0.6 is 46.6 Å². The second-order valence-corrected chi connectivity index (χ2v) is 9.36. The van der Waals surface area contributed by atoms with Gasteiger partial charge in [-0.05, 0) is 54.6 Å². The SMILES string of the molecule is COc1ccc(NC2=C(Sc3ccc(Cl)cc3)C(=O)N(c3ccc(Cl)cc3Cl)C2=O)c(OC)c1. The Morgan fingerprint density at radius 2 is 1.53 bits per heavy atom. The first-order valence-electron chi connectivity index (χ1n) is 9.83. The van der Waals surface area contributed by atoms with Gasteiger partial charge in [0.2, 0.25) is 0 Å². The highest BCUT2D eigenvalue weighted by atomic mass is 35.5. The molecule has 0 atom stereocenters. The molecule has 0 aromatic heterocycles. The molecule has 4 rings (SSSR count). The zero-order chi connectivity index (χ0) is 24.4. The third-order valence-electron chi connectivity index (χ3n) is 4.89. The number of halogens is 3. The number of nitrogens with one attached hydrogen (secondary N) is 1. The van der Waals surface area contributed by atoms with Crippen LogP contribution in [0.1, 0.15) is 0 Å². The van der Waals surface area contributed by atoms with Crippen LogP contribution in [0.4, 0.5) is 11.4 Å². The topological polar surface area (TPSA) is 67.9 Å². The summed E-state index contributed by atoms with van der Waals surface area (Å²) in [5.74, 6) is -0.0748. The molecule has 3 aromatic carbocycles. The first kappa shape index (κ1) is 24.3. The molecule has 10 heteroatoms. The van der Waals surface area contributed by atoms with Gasteiger partial charge in [0.15, 0.2) is 0 Å². The number of hydrogen-bond donors (Lipinski definition) is 1. The van der Waals surface area contributed by atoms with Gasteiger partial charge in [-0.15, -0.1) is 0 Å². The zero-order valence-electron chi connectivity index (χ0n) is 17.9. The van der Waals surface area contributed by atoms with Gasteiger partial charge in [0.25, 0.3) is 11.8 Å². The molecule has 0 saturated heterocycles. The summed E-state index contributed by atoms with van der Waals surface area (Å²) in [5.41, 5.74) is 0.797. The van der Waals surface area contributed by atoms with Gasteiger partial charge in [-0.2, -0.15) is 0 Å². The van der Waals surface area contributed by atoms with Crippen molar-refractivity contribution < 1.29 is 19.1 Å². The van der Waals surface area contributed by atoms with Gasteiger partial charge in [-0.25, -0.2) is 4.90 Å². The zero-order valence-corrected chi connectivity index (χ0v) is 21.0. The number of thioether (sulfide) groups is 1. The van der Waals surface area contributed by atoms with E-state index in [1.54, 1.807) is 48.5 Å². The molecule has 34 heavy (non-hydrogen) atoms. The molecule has 0 unspecified atom stereocenters. The van der Waals surface area contributed by atoms with Gasteiger partial charge >= 0.3 is 0 Å². The fourth-order valence-electron chi connectivity index (χ4n) is 3.25. The molecule has 1 N–H and O–H groups in total. The van der Waals surface area contributed by atoms with Crippen molar-refractivity contribution in [1.82, 2.24) is 0 Å². The molecule has 1 heterocycles. The van der Waals surface area contributed by atoms with Gasteiger partial charge in [-0.3, -0.25) is 9.59 Å². The second-order valence-electron chi connectivity index (χ2n) is 6.99. The predicted octanol–water partition coefficient (Wildman–Crippen LogP) is 6.65. The Labute approximate surface area is 215 Å². The number of benzene rings is 3. The van der Waals surface area contributed by atoms with Gasteiger partial charge in [0.05, 0.1) is 30.6 Å². The molecule has 0 radical (unpaired) electrons. The van der Waals surface area contributed by atoms with Crippen molar-refractivity contribution in [2.75, 3.05) is 24.4 Å². The van der Waals surface area contributed by atoms with Crippen LogP contribution in [-0.4, -0.2) is 26.0 Å². The van der Waals surface area contributed by atoms with E-state index in [1.165, 1.54) is 26.4 Å². The van der Waals surface area contributed by atoms with Crippen LogP contribution in [0.2, 0.25) is 15.1 Å². The number of methoxy groups -OCH3 is 2. The molecule has 0 fully saturated rings. The Kier molecular flexibility index (Phi) is 7.28. The maximum atomic E-state index is 13.5. The Morgan fingerprint density at radius 1 is 0.824 bits per heavy atom.